The highest BCUT2D eigenvalue weighted by molar-refractivity contribution is 9.10. The molecule has 4 heteroatoms. The monoisotopic (exact) mass is 355 g/mol. The summed E-state index contributed by atoms with van der Waals surface area (Å²) in [6, 6.07) is 9.88. The normalized spacial score (nSPS) is 12.6. The molecule has 1 N–H and O–H groups in total. The molecule has 0 radical (unpaired) electrons. The molecule has 1 aromatic carbocycles. The number of halogens is 2. The highest BCUT2D eigenvalue weighted by atomic mass is 79.9. The van der Waals surface area contributed by atoms with Crippen LogP contribution in [0.2, 0.25) is 0 Å². The molecule has 0 saturated heterocycles. The maximum atomic E-state index is 13.3. The fourth-order valence-corrected chi connectivity index (χ4v) is 3.65. The number of hydrogen-bond acceptors (Lipinski definition) is 2. The molecule has 0 aliphatic carbocycles. The fourth-order valence-electron chi connectivity index (χ4n) is 2.11. The number of hydrogen-bond donors (Lipinski definition) is 1. The Kier molecular flexibility index (Phi) is 5.75. The van der Waals surface area contributed by atoms with Gasteiger partial charge in [-0.05, 0) is 65.1 Å². The van der Waals surface area contributed by atoms with E-state index in [0.717, 1.165) is 24.9 Å². The Balaban J connectivity index is 2.20. The van der Waals surface area contributed by atoms with Gasteiger partial charge in [-0.3, -0.25) is 0 Å². The second-order valence-corrected chi connectivity index (χ2v) is 6.72. The van der Waals surface area contributed by atoms with Crippen LogP contribution in [0.25, 0.3) is 10.4 Å². The first-order valence-corrected chi connectivity index (χ1v) is 8.55. The quantitative estimate of drug-likeness (QED) is 0.693. The summed E-state index contributed by atoms with van der Waals surface area (Å²) in [7, 11) is 0. The first-order chi connectivity index (χ1) is 9.65. The van der Waals surface area contributed by atoms with Gasteiger partial charge in [0.2, 0.25) is 0 Å². The average Bonchev–Trinajstić information content (AvgIpc) is 2.92. The SMILES string of the molecule is CCCNC(CC)c1ccc(-c2ccc(F)c(Br)c2)s1. The molecule has 20 heavy (non-hydrogen) atoms. The molecule has 0 amide bonds. The summed E-state index contributed by atoms with van der Waals surface area (Å²) in [6.07, 6.45) is 2.21. The Hall–Kier alpha value is -0.710. The van der Waals surface area contributed by atoms with Crippen molar-refractivity contribution >= 4 is 27.3 Å². The van der Waals surface area contributed by atoms with Crippen LogP contribution in [-0.4, -0.2) is 6.54 Å². The average molecular weight is 356 g/mol. The standard InChI is InChI=1S/C16H19BrFNS/c1-3-9-19-14(4-2)16-8-7-15(20-16)11-5-6-13(18)12(17)10-11/h5-8,10,14,19H,3-4,9H2,1-2H3. The van der Waals surface area contributed by atoms with E-state index >= 15 is 0 Å². The lowest BCUT2D eigenvalue weighted by Gasteiger charge is -2.14. The molecular weight excluding hydrogens is 337 g/mol. The predicted octanol–water partition coefficient (Wildman–Crippen LogP) is 5.77. The van der Waals surface area contributed by atoms with E-state index in [4.69, 9.17) is 0 Å². The van der Waals surface area contributed by atoms with Crippen LogP contribution in [0.5, 0.6) is 0 Å². The Morgan fingerprint density at radius 1 is 1.25 bits per heavy atom. The molecular formula is C16H19BrFNS. The first-order valence-electron chi connectivity index (χ1n) is 6.94. The van der Waals surface area contributed by atoms with Gasteiger partial charge in [0.05, 0.1) is 4.47 Å². The van der Waals surface area contributed by atoms with Gasteiger partial charge in [0.25, 0.3) is 0 Å². The van der Waals surface area contributed by atoms with Crippen LogP contribution < -0.4 is 5.32 Å². The Labute approximate surface area is 132 Å². The summed E-state index contributed by atoms with van der Waals surface area (Å²) >= 11 is 5.02. The Morgan fingerprint density at radius 3 is 2.70 bits per heavy atom. The summed E-state index contributed by atoms with van der Waals surface area (Å²) < 4.78 is 13.8. The van der Waals surface area contributed by atoms with Gasteiger partial charge >= 0.3 is 0 Å². The smallest absolute Gasteiger partial charge is 0.137 e. The minimum Gasteiger partial charge on any atom is -0.309 e. The van der Waals surface area contributed by atoms with Crippen molar-refractivity contribution in [2.45, 2.75) is 32.7 Å². The van der Waals surface area contributed by atoms with Gasteiger partial charge in [-0.25, -0.2) is 4.39 Å². The molecule has 0 aliphatic rings. The zero-order chi connectivity index (χ0) is 14.5. The molecule has 1 atom stereocenters. The number of benzene rings is 1. The van der Waals surface area contributed by atoms with Crippen molar-refractivity contribution < 1.29 is 4.39 Å². The largest absolute Gasteiger partial charge is 0.309 e. The molecule has 2 aromatic rings. The highest BCUT2D eigenvalue weighted by Crippen LogP contribution is 2.34. The van der Waals surface area contributed by atoms with Crippen LogP contribution in [0.4, 0.5) is 4.39 Å². The van der Waals surface area contributed by atoms with E-state index in [1.165, 1.54) is 15.8 Å². The summed E-state index contributed by atoms with van der Waals surface area (Å²) in [5.74, 6) is -0.221. The third-order valence-corrected chi connectivity index (χ3v) is 5.08. The third-order valence-electron chi connectivity index (χ3n) is 3.22. The number of rotatable bonds is 6. The van der Waals surface area contributed by atoms with E-state index in [0.29, 0.717) is 10.5 Å². The van der Waals surface area contributed by atoms with Crippen molar-refractivity contribution in [3.63, 3.8) is 0 Å². The lowest BCUT2D eigenvalue weighted by Crippen LogP contribution is -2.20. The zero-order valence-electron chi connectivity index (χ0n) is 11.7. The van der Waals surface area contributed by atoms with Crippen LogP contribution in [0, 0.1) is 5.82 Å². The second-order valence-electron chi connectivity index (χ2n) is 4.75. The molecule has 0 saturated carbocycles. The van der Waals surface area contributed by atoms with Crippen LogP contribution in [0.15, 0.2) is 34.8 Å². The van der Waals surface area contributed by atoms with Gasteiger partial charge in [-0.15, -0.1) is 11.3 Å². The molecule has 1 nitrogen and oxygen atoms in total. The van der Waals surface area contributed by atoms with Gasteiger partial charge in [0, 0.05) is 15.8 Å². The first kappa shape index (κ1) is 15.7. The van der Waals surface area contributed by atoms with E-state index in [1.54, 1.807) is 11.3 Å². The highest BCUT2D eigenvalue weighted by Gasteiger charge is 2.12. The lowest BCUT2D eigenvalue weighted by molar-refractivity contribution is 0.525. The zero-order valence-corrected chi connectivity index (χ0v) is 14.2. The molecule has 0 aliphatic heterocycles. The second kappa shape index (κ2) is 7.34. The molecule has 2 rings (SSSR count). The third kappa shape index (κ3) is 3.68. The molecule has 1 unspecified atom stereocenters. The summed E-state index contributed by atoms with van der Waals surface area (Å²) in [5, 5.41) is 3.56. The van der Waals surface area contributed by atoms with Gasteiger partial charge in [-0.2, -0.15) is 0 Å². The molecule has 0 fully saturated rings. The summed E-state index contributed by atoms with van der Waals surface area (Å²) in [5.41, 5.74) is 1.06. The van der Waals surface area contributed by atoms with E-state index in [-0.39, 0.29) is 5.82 Å². The molecule has 0 spiro atoms. The van der Waals surface area contributed by atoms with E-state index < -0.39 is 0 Å². The van der Waals surface area contributed by atoms with Crippen LogP contribution in [0.1, 0.15) is 37.6 Å². The maximum Gasteiger partial charge on any atom is 0.137 e. The van der Waals surface area contributed by atoms with Crippen LogP contribution >= 0.6 is 27.3 Å². The minimum absolute atomic E-state index is 0.221. The van der Waals surface area contributed by atoms with Gasteiger partial charge < -0.3 is 5.32 Å². The van der Waals surface area contributed by atoms with Crippen molar-refractivity contribution in [1.29, 1.82) is 0 Å². The summed E-state index contributed by atoms with van der Waals surface area (Å²) in [4.78, 5) is 2.52. The van der Waals surface area contributed by atoms with Crippen molar-refractivity contribution in [2.75, 3.05) is 6.54 Å². The Morgan fingerprint density at radius 2 is 2.05 bits per heavy atom. The number of nitrogens with one attached hydrogen (secondary N) is 1. The molecule has 1 aromatic heterocycles. The van der Waals surface area contributed by atoms with Gasteiger partial charge in [0.15, 0.2) is 0 Å². The fraction of sp³-hybridized carbons (Fsp3) is 0.375. The van der Waals surface area contributed by atoms with Crippen molar-refractivity contribution in [3.05, 3.63) is 45.5 Å². The maximum absolute atomic E-state index is 13.3. The Bertz CT molecular complexity index is 567. The van der Waals surface area contributed by atoms with E-state index in [9.17, 15) is 4.39 Å². The minimum atomic E-state index is -0.221. The number of thiophene rings is 1. The van der Waals surface area contributed by atoms with Gasteiger partial charge in [0.1, 0.15) is 5.82 Å². The van der Waals surface area contributed by atoms with Crippen LogP contribution in [0.3, 0.4) is 0 Å². The van der Waals surface area contributed by atoms with E-state index in [1.807, 2.05) is 12.1 Å². The molecule has 108 valence electrons. The molecule has 0 bridgehead atoms. The topological polar surface area (TPSA) is 12.0 Å². The van der Waals surface area contributed by atoms with E-state index in [2.05, 4.69) is 47.2 Å². The summed E-state index contributed by atoms with van der Waals surface area (Å²) in [6.45, 7) is 5.41. The molecule has 1 heterocycles. The van der Waals surface area contributed by atoms with Gasteiger partial charge in [-0.1, -0.05) is 19.9 Å². The van der Waals surface area contributed by atoms with Crippen molar-refractivity contribution in [2.24, 2.45) is 0 Å². The predicted molar refractivity (Wildman–Crippen MR) is 88.7 cm³/mol. The van der Waals surface area contributed by atoms with Crippen LogP contribution in [-0.2, 0) is 0 Å². The lowest BCUT2D eigenvalue weighted by atomic mass is 10.1. The van der Waals surface area contributed by atoms with Crippen molar-refractivity contribution in [1.82, 2.24) is 5.32 Å². The van der Waals surface area contributed by atoms with Crippen molar-refractivity contribution in [3.8, 4) is 10.4 Å².